The minimum absolute atomic E-state index is 0.111. The average Bonchev–Trinajstić information content (AvgIpc) is 2.69. The third kappa shape index (κ3) is 2.86. The first kappa shape index (κ1) is 14.2. The Balaban J connectivity index is 2.62. The molecular formula is C15H21ClN2O. The van der Waals surface area contributed by atoms with Crippen LogP contribution in [0.3, 0.4) is 0 Å². The molecule has 0 bridgehead atoms. The van der Waals surface area contributed by atoms with Crippen LogP contribution >= 0.6 is 11.6 Å². The van der Waals surface area contributed by atoms with E-state index >= 15 is 0 Å². The second-order valence-electron chi connectivity index (χ2n) is 5.15. The lowest BCUT2D eigenvalue weighted by Crippen LogP contribution is -2.08. The Hall–Kier alpha value is -1.22. The highest BCUT2D eigenvalue weighted by atomic mass is 35.5. The van der Waals surface area contributed by atoms with E-state index in [1.807, 2.05) is 26.0 Å². The van der Waals surface area contributed by atoms with Crippen molar-refractivity contribution >= 4 is 22.6 Å². The molecule has 1 heterocycles. The third-order valence-corrected chi connectivity index (χ3v) is 3.17. The molecule has 0 N–H and O–H groups in total. The molecule has 4 heteroatoms. The van der Waals surface area contributed by atoms with Crippen LogP contribution < -0.4 is 4.74 Å². The molecule has 19 heavy (non-hydrogen) atoms. The van der Waals surface area contributed by atoms with Crippen molar-refractivity contribution < 1.29 is 4.74 Å². The maximum atomic E-state index is 6.27. The number of nitrogens with zero attached hydrogens (tertiary/aromatic N) is 2. The van der Waals surface area contributed by atoms with Gasteiger partial charge in [-0.05, 0) is 31.9 Å². The summed E-state index contributed by atoms with van der Waals surface area (Å²) >= 11 is 6.27. The largest absolute Gasteiger partial charge is 0.492 e. The summed E-state index contributed by atoms with van der Waals surface area (Å²) in [5, 5.41) is -0.111. The minimum atomic E-state index is -0.111. The number of fused-ring (bicyclic) bond motifs is 1. The molecule has 1 unspecified atom stereocenters. The molecule has 3 nitrogen and oxygen atoms in total. The highest BCUT2D eigenvalue weighted by molar-refractivity contribution is 6.20. The van der Waals surface area contributed by atoms with Crippen molar-refractivity contribution in [2.24, 2.45) is 5.92 Å². The number of benzene rings is 1. The summed E-state index contributed by atoms with van der Waals surface area (Å²) in [5.74, 6) is 2.29. The smallest absolute Gasteiger partial charge is 0.147 e. The van der Waals surface area contributed by atoms with Crippen LogP contribution in [0.25, 0.3) is 11.0 Å². The molecule has 0 aliphatic rings. The summed E-state index contributed by atoms with van der Waals surface area (Å²) in [4.78, 5) is 4.69. The first-order chi connectivity index (χ1) is 9.04. The number of halogens is 1. The van der Waals surface area contributed by atoms with Crippen molar-refractivity contribution in [3.05, 3.63) is 24.0 Å². The van der Waals surface area contributed by atoms with Crippen LogP contribution in [0.15, 0.2) is 18.2 Å². The molecule has 0 aliphatic heterocycles. The quantitative estimate of drug-likeness (QED) is 0.760. The van der Waals surface area contributed by atoms with E-state index in [4.69, 9.17) is 16.3 Å². The number of aromatic nitrogens is 2. The molecule has 0 saturated carbocycles. The topological polar surface area (TPSA) is 27.1 Å². The normalized spacial score (nSPS) is 13.2. The zero-order valence-corrected chi connectivity index (χ0v) is 12.7. The Morgan fingerprint density at radius 2 is 2.05 bits per heavy atom. The standard InChI is InChI=1S/C15H21ClN2O/c1-5-19-13-8-6-7-12-14(13)17-15(11(4)16)18(12)9-10(2)3/h6-8,10-11H,5,9H2,1-4H3. The van der Waals surface area contributed by atoms with Crippen molar-refractivity contribution in [2.75, 3.05) is 6.61 Å². The molecule has 0 spiro atoms. The van der Waals surface area contributed by atoms with Crippen LogP contribution in [0.5, 0.6) is 5.75 Å². The van der Waals surface area contributed by atoms with Crippen molar-refractivity contribution in [3.8, 4) is 5.75 Å². The summed E-state index contributed by atoms with van der Waals surface area (Å²) < 4.78 is 7.86. The number of hydrogen-bond acceptors (Lipinski definition) is 2. The van der Waals surface area contributed by atoms with Gasteiger partial charge in [-0.3, -0.25) is 0 Å². The van der Waals surface area contributed by atoms with Crippen LogP contribution in [0.4, 0.5) is 0 Å². The van der Waals surface area contributed by atoms with Gasteiger partial charge in [-0.25, -0.2) is 4.98 Å². The van der Waals surface area contributed by atoms with Gasteiger partial charge in [0.2, 0.25) is 0 Å². The molecule has 0 radical (unpaired) electrons. The first-order valence-electron chi connectivity index (χ1n) is 6.80. The Morgan fingerprint density at radius 1 is 1.32 bits per heavy atom. The lowest BCUT2D eigenvalue weighted by atomic mass is 10.2. The molecule has 0 aliphatic carbocycles. The fourth-order valence-corrected chi connectivity index (χ4v) is 2.44. The van der Waals surface area contributed by atoms with Gasteiger partial charge in [0, 0.05) is 6.54 Å². The molecule has 1 atom stereocenters. The lowest BCUT2D eigenvalue weighted by molar-refractivity contribution is 0.343. The monoisotopic (exact) mass is 280 g/mol. The van der Waals surface area contributed by atoms with Crippen LogP contribution in [0.2, 0.25) is 0 Å². The van der Waals surface area contributed by atoms with Gasteiger partial charge < -0.3 is 9.30 Å². The molecule has 0 saturated heterocycles. The zero-order valence-electron chi connectivity index (χ0n) is 12.0. The number of para-hydroxylation sites is 1. The number of alkyl halides is 1. The highest BCUT2D eigenvalue weighted by Crippen LogP contribution is 2.30. The Morgan fingerprint density at radius 3 is 2.63 bits per heavy atom. The van der Waals surface area contributed by atoms with Crippen LogP contribution in [0.1, 0.15) is 38.9 Å². The van der Waals surface area contributed by atoms with E-state index in [1.165, 1.54) is 0 Å². The molecular weight excluding hydrogens is 260 g/mol. The summed E-state index contributed by atoms with van der Waals surface area (Å²) in [6, 6.07) is 6.05. The van der Waals surface area contributed by atoms with Gasteiger partial charge in [0.25, 0.3) is 0 Å². The van der Waals surface area contributed by atoms with E-state index in [0.717, 1.165) is 29.2 Å². The van der Waals surface area contributed by atoms with Gasteiger partial charge in [0.05, 0.1) is 17.5 Å². The fourth-order valence-electron chi connectivity index (χ4n) is 2.27. The maximum absolute atomic E-state index is 6.27. The van der Waals surface area contributed by atoms with Gasteiger partial charge in [-0.1, -0.05) is 19.9 Å². The Kier molecular flexibility index (Phi) is 4.35. The summed E-state index contributed by atoms with van der Waals surface area (Å²) in [6.45, 7) is 9.89. The highest BCUT2D eigenvalue weighted by Gasteiger charge is 2.17. The predicted octanol–water partition coefficient (Wildman–Crippen LogP) is 4.39. The molecule has 104 valence electrons. The molecule has 0 fully saturated rings. The Bertz CT molecular complexity index is 561. The maximum Gasteiger partial charge on any atom is 0.147 e. The van der Waals surface area contributed by atoms with E-state index in [-0.39, 0.29) is 5.38 Å². The zero-order chi connectivity index (χ0) is 14.0. The van der Waals surface area contributed by atoms with Crippen LogP contribution in [0, 0.1) is 5.92 Å². The van der Waals surface area contributed by atoms with E-state index in [2.05, 4.69) is 29.5 Å². The van der Waals surface area contributed by atoms with Gasteiger partial charge in [0.15, 0.2) is 0 Å². The number of imidazole rings is 1. The molecule has 1 aromatic heterocycles. The van der Waals surface area contributed by atoms with Gasteiger partial charge in [-0.2, -0.15) is 0 Å². The number of hydrogen-bond donors (Lipinski definition) is 0. The number of rotatable bonds is 5. The van der Waals surface area contributed by atoms with E-state index in [0.29, 0.717) is 12.5 Å². The van der Waals surface area contributed by atoms with Crippen molar-refractivity contribution in [1.29, 1.82) is 0 Å². The molecule has 0 amide bonds. The SMILES string of the molecule is CCOc1cccc2c1nc(C(C)Cl)n2CC(C)C. The van der Waals surface area contributed by atoms with Crippen LogP contribution in [-0.4, -0.2) is 16.2 Å². The third-order valence-electron chi connectivity index (χ3n) is 2.97. The van der Waals surface area contributed by atoms with Crippen molar-refractivity contribution in [1.82, 2.24) is 9.55 Å². The van der Waals surface area contributed by atoms with E-state index < -0.39 is 0 Å². The second-order valence-corrected chi connectivity index (χ2v) is 5.80. The first-order valence-corrected chi connectivity index (χ1v) is 7.24. The van der Waals surface area contributed by atoms with Gasteiger partial charge in [-0.15, -0.1) is 11.6 Å². The Labute approximate surface area is 119 Å². The van der Waals surface area contributed by atoms with Crippen molar-refractivity contribution in [3.63, 3.8) is 0 Å². The van der Waals surface area contributed by atoms with Crippen molar-refractivity contribution in [2.45, 2.75) is 39.6 Å². The van der Waals surface area contributed by atoms with E-state index in [1.54, 1.807) is 0 Å². The van der Waals surface area contributed by atoms with E-state index in [9.17, 15) is 0 Å². The lowest BCUT2D eigenvalue weighted by Gasteiger charge is -2.12. The molecule has 1 aromatic carbocycles. The summed E-state index contributed by atoms with van der Waals surface area (Å²) in [7, 11) is 0. The van der Waals surface area contributed by atoms with Gasteiger partial charge in [0.1, 0.15) is 17.1 Å². The molecule has 2 aromatic rings. The van der Waals surface area contributed by atoms with Crippen LogP contribution in [-0.2, 0) is 6.54 Å². The molecule has 2 rings (SSSR count). The number of ether oxygens (including phenoxy) is 1. The summed E-state index contributed by atoms with van der Waals surface area (Å²) in [5.41, 5.74) is 2.01. The minimum Gasteiger partial charge on any atom is -0.492 e. The second kappa shape index (κ2) is 5.83. The summed E-state index contributed by atoms with van der Waals surface area (Å²) in [6.07, 6.45) is 0. The van der Waals surface area contributed by atoms with Gasteiger partial charge >= 0.3 is 0 Å². The predicted molar refractivity (Wildman–Crippen MR) is 80.0 cm³/mol. The fraction of sp³-hybridized carbons (Fsp3) is 0.533. The average molecular weight is 281 g/mol.